The summed E-state index contributed by atoms with van der Waals surface area (Å²) in [6, 6.07) is 25.1. The summed E-state index contributed by atoms with van der Waals surface area (Å²) in [6.45, 7) is 0. The molecule has 0 spiro atoms. The topological polar surface area (TPSA) is 41.7 Å². The Hall–Kier alpha value is -2.62. The molecule has 0 saturated heterocycles. The lowest BCUT2D eigenvalue weighted by molar-refractivity contribution is 0.922. The van der Waals surface area contributed by atoms with Gasteiger partial charge in [-0.25, -0.2) is 4.98 Å². The lowest BCUT2D eigenvalue weighted by Crippen LogP contribution is -2.22. The van der Waals surface area contributed by atoms with Gasteiger partial charge in [-0.1, -0.05) is 66.2 Å². The summed E-state index contributed by atoms with van der Waals surface area (Å²) < 4.78 is 1.81. The number of aromatic nitrogens is 2. The zero-order valence-electron chi connectivity index (χ0n) is 13.2. The highest BCUT2D eigenvalue weighted by Gasteiger charge is 2.14. The molecule has 1 heterocycles. The Morgan fingerprint density at radius 3 is 2.20 bits per heavy atom. The quantitative estimate of drug-likeness (QED) is 0.516. The number of fused-ring (bicyclic) bond motifs is 1. The van der Waals surface area contributed by atoms with Crippen LogP contribution < -0.4 is 5.49 Å². The van der Waals surface area contributed by atoms with E-state index in [0.29, 0.717) is 16.3 Å². The van der Waals surface area contributed by atoms with Crippen molar-refractivity contribution in [1.29, 1.82) is 5.41 Å². The van der Waals surface area contributed by atoms with E-state index in [1.807, 2.05) is 78.9 Å². The predicted octanol–water partition coefficient (Wildman–Crippen LogP) is 5.25. The highest BCUT2D eigenvalue weighted by molar-refractivity contribution is 6.32. The van der Waals surface area contributed by atoms with Crippen LogP contribution in [0.15, 0.2) is 78.9 Å². The molecular weight excluding hydrogens is 353 g/mol. The first-order chi connectivity index (χ1) is 11.8. The maximum Gasteiger partial charge on any atom is 0.146 e. The van der Waals surface area contributed by atoms with Crippen LogP contribution in [0.3, 0.4) is 0 Å². The molecule has 0 aliphatic carbocycles. The zero-order valence-corrected chi connectivity index (χ0v) is 14.8. The van der Waals surface area contributed by atoms with Crippen molar-refractivity contribution in [1.82, 2.24) is 9.55 Å². The summed E-state index contributed by atoms with van der Waals surface area (Å²) in [5.41, 5.74) is 2.86. The smallest absolute Gasteiger partial charge is 0.146 e. The van der Waals surface area contributed by atoms with Crippen LogP contribution in [0.4, 0.5) is 0 Å². The van der Waals surface area contributed by atoms with Gasteiger partial charge >= 0.3 is 0 Å². The van der Waals surface area contributed by atoms with Gasteiger partial charge in [0.1, 0.15) is 11.3 Å². The molecule has 1 aromatic heterocycles. The minimum atomic E-state index is 0. The highest BCUT2D eigenvalue weighted by Crippen LogP contribution is 2.25. The van der Waals surface area contributed by atoms with Gasteiger partial charge in [0.05, 0.1) is 16.2 Å². The van der Waals surface area contributed by atoms with Gasteiger partial charge < -0.3 is 0 Å². The summed E-state index contributed by atoms with van der Waals surface area (Å²) in [7, 11) is 0. The average Bonchev–Trinajstić information content (AvgIpc) is 2.63. The van der Waals surface area contributed by atoms with E-state index >= 15 is 0 Å². The second kappa shape index (κ2) is 7.09. The number of hydrogen-bond acceptors (Lipinski definition) is 2. The van der Waals surface area contributed by atoms with Crippen LogP contribution in [0.2, 0.25) is 5.02 Å². The molecule has 4 aromatic rings. The number of halogens is 2. The number of rotatable bonds is 2. The van der Waals surface area contributed by atoms with E-state index in [1.165, 1.54) is 0 Å². The van der Waals surface area contributed by atoms with E-state index in [9.17, 15) is 0 Å². The molecule has 0 fully saturated rings. The highest BCUT2D eigenvalue weighted by atomic mass is 35.5. The molecule has 0 aliphatic rings. The lowest BCUT2D eigenvalue weighted by atomic mass is 10.1. The molecule has 0 atom stereocenters. The molecular formula is C20H15Cl2N3. The molecule has 0 unspecified atom stereocenters. The van der Waals surface area contributed by atoms with Gasteiger partial charge in [0.15, 0.2) is 0 Å². The SMILES string of the molecule is Cl.N=c1c2ccccc2nc(-c2ccccc2)n1-c1ccccc1Cl. The van der Waals surface area contributed by atoms with E-state index in [-0.39, 0.29) is 12.4 Å². The fourth-order valence-electron chi connectivity index (χ4n) is 2.81. The minimum absolute atomic E-state index is 0. The van der Waals surface area contributed by atoms with Crippen LogP contribution >= 0.6 is 24.0 Å². The van der Waals surface area contributed by atoms with Gasteiger partial charge in [-0.05, 0) is 24.3 Å². The first kappa shape index (κ1) is 17.2. The minimum Gasteiger partial charge on any atom is -0.283 e. The number of para-hydroxylation sites is 2. The summed E-state index contributed by atoms with van der Waals surface area (Å²) in [5.74, 6) is 0.701. The standard InChI is InChI=1S/C20H14ClN3.ClH/c21-16-11-5-7-13-18(16)24-19(22)15-10-4-6-12-17(15)23-20(24)14-8-2-1-3-9-14;/h1-13,22H;1H. The number of nitrogens with one attached hydrogen (secondary N) is 1. The van der Waals surface area contributed by atoms with Gasteiger partial charge in [0.25, 0.3) is 0 Å². The van der Waals surface area contributed by atoms with Crippen LogP contribution in [0.1, 0.15) is 0 Å². The van der Waals surface area contributed by atoms with E-state index in [1.54, 1.807) is 4.57 Å². The van der Waals surface area contributed by atoms with Crippen molar-refractivity contribution < 1.29 is 0 Å². The summed E-state index contributed by atoms with van der Waals surface area (Å²) >= 11 is 6.41. The van der Waals surface area contributed by atoms with E-state index in [4.69, 9.17) is 22.0 Å². The molecule has 5 heteroatoms. The van der Waals surface area contributed by atoms with Crippen molar-refractivity contribution in [3.8, 4) is 17.1 Å². The Morgan fingerprint density at radius 1 is 0.800 bits per heavy atom. The molecule has 0 radical (unpaired) electrons. The fourth-order valence-corrected chi connectivity index (χ4v) is 3.03. The van der Waals surface area contributed by atoms with Crippen molar-refractivity contribution in [3.63, 3.8) is 0 Å². The van der Waals surface area contributed by atoms with Gasteiger partial charge in [0, 0.05) is 10.9 Å². The van der Waals surface area contributed by atoms with E-state index < -0.39 is 0 Å². The van der Waals surface area contributed by atoms with Crippen molar-refractivity contribution >= 4 is 34.9 Å². The summed E-state index contributed by atoms with van der Waals surface area (Å²) in [6.07, 6.45) is 0. The zero-order chi connectivity index (χ0) is 16.5. The second-order valence-corrected chi connectivity index (χ2v) is 5.86. The first-order valence-corrected chi connectivity index (χ1v) is 8.00. The Bertz CT molecular complexity index is 1090. The Kier molecular flexibility index (Phi) is 4.88. The molecule has 124 valence electrons. The third kappa shape index (κ3) is 3.04. The second-order valence-electron chi connectivity index (χ2n) is 5.45. The summed E-state index contributed by atoms with van der Waals surface area (Å²) in [5, 5.41) is 10.1. The molecule has 25 heavy (non-hydrogen) atoms. The Balaban J connectivity index is 0.00000182. The summed E-state index contributed by atoms with van der Waals surface area (Å²) in [4.78, 5) is 4.81. The molecule has 3 aromatic carbocycles. The molecule has 1 N–H and O–H groups in total. The van der Waals surface area contributed by atoms with Gasteiger partial charge in [-0.15, -0.1) is 12.4 Å². The molecule has 3 nitrogen and oxygen atoms in total. The predicted molar refractivity (Wildman–Crippen MR) is 105 cm³/mol. The van der Waals surface area contributed by atoms with E-state index in [2.05, 4.69) is 0 Å². The largest absolute Gasteiger partial charge is 0.283 e. The van der Waals surface area contributed by atoms with Crippen molar-refractivity contribution in [2.24, 2.45) is 0 Å². The normalized spacial score (nSPS) is 10.4. The number of nitrogens with zero attached hydrogens (tertiary/aromatic N) is 2. The monoisotopic (exact) mass is 367 g/mol. The Labute approximate surface area is 156 Å². The lowest BCUT2D eigenvalue weighted by Gasteiger charge is -2.16. The van der Waals surface area contributed by atoms with Gasteiger partial charge in [-0.3, -0.25) is 9.98 Å². The third-order valence-electron chi connectivity index (χ3n) is 3.95. The maximum absolute atomic E-state index is 8.73. The van der Waals surface area contributed by atoms with Crippen molar-refractivity contribution in [2.45, 2.75) is 0 Å². The van der Waals surface area contributed by atoms with Crippen LogP contribution in [0.25, 0.3) is 28.0 Å². The van der Waals surface area contributed by atoms with Crippen molar-refractivity contribution in [3.05, 3.63) is 89.4 Å². The van der Waals surface area contributed by atoms with Crippen molar-refractivity contribution in [2.75, 3.05) is 0 Å². The molecule has 0 amide bonds. The molecule has 0 saturated carbocycles. The van der Waals surface area contributed by atoms with Gasteiger partial charge in [0.2, 0.25) is 0 Å². The average molecular weight is 368 g/mol. The molecule has 0 bridgehead atoms. The number of benzene rings is 3. The third-order valence-corrected chi connectivity index (χ3v) is 4.27. The number of hydrogen-bond donors (Lipinski definition) is 1. The van der Waals surface area contributed by atoms with Crippen LogP contribution in [-0.4, -0.2) is 9.55 Å². The first-order valence-electron chi connectivity index (χ1n) is 7.62. The maximum atomic E-state index is 8.73. The molecule has 4 rings (SSSR count). The van der Waals surface area contributed by atoms with E-state index in [0.717, 1.165) is 22.2 Å². The van der Waals surface area contributed by atoms with Crippen LogP contribution in [-0.2, 0) is 0 Å². The Morgan fingerprint density at radius 2 is 1.44 bits per heavy atom. The molecule has 0 aliphatic heterocycles. The van der Waals surface area contributed by atoms with Gasteiger partial charge in [-0.2, -0.15) is 0 Å². The van der Waals surface area contributed by atoms with Crippen LogP contribution in [0, 0.1) is 5.41 Å². The fraction of sp³-hybridized carbons (Fsp3) is 0. The van der Waals surface area contributed by atoms with Crippen LogP contribution in [0.5, 0.6) is 0 Å².